The van der Waals surface area contributed by atoms with Crippen LogP contribution >= 0.6 is 0 Å². The summed E-state index contributed by atoms with van der Waals surface area (Å²) >= 11 is 0. The molecule has 1 heteroatoms. The summed E-state index contributed by atoms with van der Waals surface area (Å²) < 4.78 is 0. The van der Waals surface area contributed by atoms with Crippen LogP contribution < -0.4 is 0 Å². The Morgan fingerprint density at radius 2 is 2.27 bits per heavy atom. The quantitative estimate of drug-likeness (QED) is 0.605. The van der Waals surface area contributed by atoms with Crippen molar-refractivity contribution in [2.24, 2.45) is 11.3 Å². The average molecular weight is 154 g/mol. The van der Waals surface area contributed by atoms with Gasteiger partial charge in [0.15, 0.2) is 0 Å². The Morgan fingerprint density at radius 3 is 2.82 bits per heavy atom. The third-order valence-corrected chi connectivity index (χ3v) is 2.39. The summed E-state index contributed by atoms with van der Waals surface area (Å²) in [7, 11) is 0. The molecule has 0 fully saturated rings. The van der Waals surface area contributed by atoms with Gasteiger partial charge in [-0.3, -0.25) is 0 Å². The van der Waals surface area contributed by atoms with Gasteiger partial charge >= 0.3 is 0 Å². The smallest absolute Gasteiger partial charge is 0.0436 e. The van der Waals surface area contributed by atoms with Crippen molar-refractivity contribution in [2.75, 3.05) is 6.61 Å². The molecule has 1 rings (SSSR count). The molecule has 0 bridgehead atoms. The molecule has 1 nitrogen and oxygen atoms in total. The molecule has 1 atom stereocenters. The zero-order chi connectivity index (χ0) is 8.32. The fourth-order valence-corrected chi connectivity index (χ4v) is 1.80. The van der Waals surface area contributed by atoms with Crippen LogP contribution in [0.4, 0.5) is 0 Å². The molecule has 1 aliphatic rings. The Bertz CT molecular complexity index is 147. The molecule has 1 aliphatic carbocycles. The zero-order valence-electron chi connectivity index (χ0n) is 7.51. The summed E-state index contributed by atoms with van der Waals surface area (Å²) in [5.41, 5.74) is 0.453. The summed E-state index contributed by atoms with van der Waals surface area (Å²) in [6.07, 6.45) is 7.85. The number of aliphatic hydroxyl groups excluding tert-OH is 1. The van der Waals surface area contributed by atoms with Crippen LogP contribution in [-0.2, 0) is 0 Å². The van der Waals surface area contributed by atoms with Crippen molar-refractivity contribution < 1.29 is 5.11 Å². The minimum absolute atomic E-state index is 0.324. The Hall–Kier alpha value is -0.300. The van der Waals surface area contributed by atoms with E-state index in [9.17, 15) is 0 Å². The van der Waals surface area contributed by atoms with Gasteiger partial charge in [-0.1, -0.05) is 26.0 Å². The normalized spacial score (nSPS) is 28.8. The van der Waals surface area contributed by atoms with Gasteiger partial charge in [-0.25, -0.2) is 0 Å². The Balaban J connectivity index is 2.46. The maximum Gasteiger partial charge on any atom is 0.0436 e. The highest BCUT2D eigenvalue weighted by Crippen LogP contribution is 2.35. The monoisotopic (exact) mass is 154 g/mol. The third-order valence-electron chi connectivity index (χ3n) is 2.39. The van der Waals surface area contributed by atoms with Crippen LogP contribution in [0.2, 0.25) is 0 Å². The van der Waals surface area contributed by atoms with Crippen LogP contribution in [-0.4, -0.2) is 11.7 Å². The summed E-state index contributed by atoms with van der Waals surface area (Å²) in [6.45, 7) is 4.91. The zero-order valence-corrected chi connectivity index (χ0v) is 7.51. The molecular weight excluding hydrogens is 136 g/mol. The van der Waals surface area contributed by atoms with E-state index in [4.69, 9.17) is 5.11 Å². The summed E-state index contributed by atoms with van der Waals surface area (Å²) in [4.78, 5) is 0. The molecule has 0 amide bonds. The Labute approximate surface area is 69.1 Å². The van der Waals surface area contributed by atoms with Gasteiger partial charge in [-0.05, 0) is 30.6 Å². The van der Waals surface area contributed by atoms with Crippen molar-refractivity contribution in [1.82, 2.24) is 0 Å². The van der Waals surface area contributed by atoms with Gasteiger partial charge in [-0.15, -0.1) is 0 Å². The van der Waals surface area contributed by atoms with Gasteiger partial charge in [-0.2, -0.15) is 0 Å². The highest BCUT2D eigenvalue weighted by molar-refractivity contribution is 4.99. The van der Waals surface area contributed by atoms with Crippen LogP contribution in [0.25, 0.3) is 0 Å². The topological polar surface area (TPSA) is 20.2 Å². The summed E-state index contributed by atoms with van der Waals surface area (Å²) in [5.74, 6) is 0.615. The van der Waals surface area contributed by atoms with Gasteiger partial charge in [0, 0.05) is 6.61 Å². The fraction of sp³-hybridized carbons (Fsp3) is 0.800. The maximum atomic E-state index is 8.75. The molecule has 0 aliphatic heterocycles. The SMILES string of the molecule is CC1(C)CC=C[C@@H](CCO)C1. The van der Waals surface area contributed by atoms with Crippen LogP contribution in [0.1, 0.15) is 33.1 Å². The average Bonchev–Trinajstić information content (AvgIpc) is 1.85. The van der Waals surface area contributed by atoms with Gasteiger partial charge in [0.25, 0.3) is 0 Å². The first-order valence-electron chi connectivity index (χ1n) is 4.41. The lowest BCUT2D eigenvalue weighted by Gasteiger charge is -2.30. The number of aliphatic hydroxyl groups is 1. The molecule has 11 heavy (non-hydrogen) atoms. The minimum Gasteiger partial charge on any atom is -0.396 e. The third kappa shape index (κ3) is 2.66. The largest absolute Gasteiger partial charge is 0.396 e. The van der Waals surface area contributed by atoms with Crippen molar-refractivity contribution in [3.8, 4) is 0 Å². The molecule has 0 aromatic heterocycles. The molecular formula is C10H18O. The van der Waals surface area contributed by atoms with E-state index in [1.54, 1.807) is 0 Å². The first-order chi connectivity index (χ1) is 5.14. The molecule has 0 unspecified atom stereocenters. The number of hydrogen-bond acceptors (Lipinski definition) is 1. The second kappa shape index (κ2) is 3.40. The van der Waals surface area contributed by atoms with Gasteiger partial charge in [0.05, 0.1) is 0 Å². The van der Waals surface area contributed by atoms with Crippen molar-refractivity contribution in [3.63, 3.8) is 0 Å². The Kier molecular flexibility index (Phi) is 2.72. The number of allylic oxidation sites excluding steroid dienone is 2. The molecule has 64 valence electrons. The number of rotatable bonds is 2. The van der Waals surface area contributed by atoms with Gasteiger partial charge < -0.3 is 5.11 Å². The van der Waals surface area contributed by atoms with Crippen molar-refractivity contribution in [3.05, 3.63) is 12.2 Å². The van der Waals surface area contributed by atoms with Gasteiger partial charge in [0.2, 0.25) is 0 Å². The lowest BCUT2D eigenvalue weighted by Crippen LogP contribution is -2.19. The first kappa shape index (κ1) is 8.79. The van der Waals surface area contributed by atoms with E-state index in [0.29, 0.717) is 17.9 Å². The highest BCUT2D eigenvalue weighted by atomic mass is 16.3. The molecule has 0 aromatic carbocycles. The van der Waals surface area contributed by atoms with Crippen molar-refractivity contribution >= 4 is 0 Å². The fourth-order valence-electron chi connectivity index (χ4n) is 1.80. The second-order valence-corrected chi connectivity index (χ2v) is 4.27. The van der Waals surface area contributed by atoms with Crippen LogP contribution in [0.5, 0.6) is 0 Å². The summed E-state index contributed by atoms with van der Waals surface area (Å²) in [6, 6.07) is 0. The Morgan fingerprint density at radius 1 is 1.55 bits per heavy atom. The molecule has 0 aromatic rings. The van der Waals surface area contributed by atoms with E-state index >= 15 is 0 Å². The maximum absolute atomic E-state index is 8.75. The standard InChI is InChI=1S/C10H18O/c1-10(2)6-3-4-9(8-10)5-7-11/h3-4,9,11H,5-8H2,1-2H3/t9-/m0/s1. The summed E-state index contributed by atoms with van der Waals surface area (Å²) in [5, 5.41) is 8.75. The van der Waals surface area contributed by atoms with Crippen LogP contribution in [0, 0.1) is 11.3 Å². The minimum atomic E-state index is 0.324. The second-order valence-electron chi connectivity index (χ2n) is 4.27. The van der Waals surface area contributed by atoms with E-state index in [1.807, 2.05) is 0 Å². The van der Waals surface area contributed by atoms with E-state index in [-0.39, 0.29) is 0 Å². The predicted octanol–water partition coefficient (Wildman–Crippen LogP) is 2.36. The predicted molar refractivity (Wildman–Crippen MR) is 47.3 cm³/mol. The van der Waals surface area contributed by atoms with Crippen LogP contribution in [0.15, 0.2) is 12.2 Å². The van der Waals surface area contributed by atoms with Crippen LogP contribution in [0.3, 0.4) is 0 Å². The lowest BCUT2D eigenvalue weighted by atomic mass is 9.75. The number of hydrogen-bond donors (Lipinski definition) is 1. The molecule has 1 N–H and O–H groups in total. The van der Waals surface area contributed by atoms with E-state index in [1.165, 1.54) is 12.8 Å². The van der Waals surface area contributed by atoms with Crippen molar-refractivity contribution in [2.45, 2.75) is 33.1 Å². The first-order valence-corrected chi connectivity index (χ1v) is 4.41. The molecule has 0 spiro atoms. The molecule has 0 radical (unpaired) electrons. The molecule has 0 saturated heterocycles. The van der Waals surface area contributed by atoms with E-state index in [2.05, 4.69) is 26.0 Å². The lowest BCUT2D eigenvalue weighted by molar-refractivity contribution is 0.222. The van der Waals surface area contributed by atoms with Gasteiger partial charge in [0.1, 0.15) is 0 Å². The van der Waals surface area contributed by atoms with E-state index < -0.39 is 0 Å². The highest BCUT2D eigenvalue weighted by Gasteiger charge is 2.23. The van der Waals surface area contributed by atoms with E-state index in [0.717, 1.165) is 6.42 Å². The molecule has 0 saturated carbocycles. The van der Waals surface area contributed by atoms with Crippen molar-refractivity contribution in [1.29, 1.82) is 0 Å². The molecule has 0 heterocycles.